The molecule has 3 heterocycles. The maximum atomic E-state index is 13.3. The van der Waals surface area contributed by atoms with Crippen molar-refractivity contribution in [2.45, 2.75) is 43.4 Å². The average molecular weight is 446 g/mol. The Hall–Kier alpha value is -3.37. The molecule has 0 radical (unpaired) electrons. The van der Waals surface area contributed by atoms with Crippen molar-refractivity contribution in [2.75, 3.05) is 6.54 Å². The fourth-order valence-corrected chi connectivity index (χ4v) is 5.09. The number of nitrogens with zero attached hydrogens (tertiary/aromatic N) is 4. The fourth-order valence-electron chi connectivity index (χ4n) is 5.09. The Morgan fingerprint density at radius 2 is 2.06 bits per heavy atom. The minimum atomic E-state index is -4.60. The topological polar surface area (TPSA) is 95.9 Å². The molecule has 2 unspecified atom stereocenters. The second-order valence-corrected chi connectivity index (χ2v) is 8.50. The van der Waals surface area contributed by atoms with Crippen LogP contribution in [0.1, 0.15) is 52.1 Å². The molecule has 2 fully saturated rings. The van der Waals surface area contributed by atoms with Gasteiger partial charge in [-0.25, -0.2) is 0 Å². The van der Waals surface area contributed by atoms with Gasteiger partial charge in [-0.2, -0.15) is 23.4 Å². The summed E-state index contributed by atoms with van der Waals surface area (Å²) in [6.45, 7) is 0.423. The highest BCUT2D eigenvalue weighted by molar-refractivity contribution is 5.99. The standard InChI is InChI=1S/C21H21F3N6O2/c1-29-11-13(10-25-29)18(31)26-20-6-2-3-16(20)30(8-7-20)19(32)12-4-5-15-14(9-12)17(28-27-15)21(22,23)24/h4-5,9-11,16H,2-3,6-8H2,1H3,(H,26,31)(H,27,28). The number of benzene rings is 1. The number of aryl methyl sites for hydroxylation is 1. The molecule has 168 valence electrons. The van der Waals surface area contributed by atoms with Crippen LogP contribution in [-0.2, 0) is 13.2 Å². The first-order valence-corrected chi connectivity index (χ1v) is 10.4. The Bertz CT molecular complexity index is 1220. The summed E-state index contributed by atoms with van der Waals surface area (Å²) in [5.74, 6) is -0.584. The lowest BCUT2D eigenvalue weighted by Gasteiger charge is -2.33. The number of aromatic nitrogens is 4. The quantitative estimate of drug-likeness (QED) is 0.647. The van der Waals surface area contributed by atoms with Crippen molar-refractivity contribution in [3.05, 3.63) is 47.4 Å². The van der Waals surface area contributed by atoms with Crippen LogP contribution in [0.25, 0.3) is 10.9 Å². The summed E-state index contributed by atoms with van der Waals surface area (Å²) in [6.07, 6.45) is 1.44. The van der Waals surface area contributed by atoms with Crippen molar-refractivity contribution in [2.24, 2.45) is 7.05 Å². The molecule has 1 saturated carbocycles. The number of halogens is 3. The van der Waals surface area contributed by atoms with Crippen LogP contribution in [0.3, 0.4) is 0 Å². The first kappa shape index (κ1) is 20.5. The van der Waals surface area contributed by atoms with Gasteiger partial charge in [-0.3, -0.25) is 19.4 Å². The number of amides is 2. The van der Waals surface area contributed by atoms with Gasteiger partial charge in [-0.15, -0.1) is 0 Å². The molecule has 2 atom stereocenters. The highest BCUT2D eigenvalue weighted by Gasteiger charge is 2.53. The van der Waals surface area contributed by atoms with E-state index in [1.54, 1.807) is 22.8 Å². The molecule has 2 amide bonds. The second kappa shape index (κ2) is 7.07. The van der Waals surface area contributed by atoms with E-state index in [1.807, 2.05) is 5.10 Å². The van der Waals surface area contributed by atoms with Crippen LogP contribution in [-0.4, -0.2) is 54.8 Å². The molecule has 2 N–H and O–H groups in total. The lowest BCUT2D eigenvalue weighted by molar-refractivity contribution is -0.139. The lowest BCUT2D eigenvalue weighted by atomic mass is 9.92. The molecule has 32 heavy (non-hydrogen) atoms. The Balaban J connectivity index is 1.41. The van der Waals surface area contributed by atoms with Gasteiger partial charge in [-0.1, -0.05) is 0 Å². The van der Waals surface area contributed by atoms with E-state index in [-0.39, 0.29) is 34.3 Å². The molecule has 1 aliphatic heterocycles. The zero-order chi connectivity index (χ0) is 22.7. The fraction of sp³-hybridized carbons (Fsp3) is 0.429. The number of alkyl halides is 3. The molecule has 0 bridgehead atoms. The van der Waals surface area contributed by atoms with Gasteiger partial charge in [0.2, 0.25) is 0 Å². The summed E-state index contributed by atoms with van der Waals surface area (Å²) in [5.41, 5.74) is -0.746. The van der Waals surface area contributed by atoms with E-state index in [0.717, 1.165) is 19.3 Å². The first-order chi connectivity index (χ1) is 15.2. The Labute approximate surface area is 180 Å². The number of rotatable bonds is 3. The van der Waals surface area contributed by atoms with Crippen LogP contribution in [0.2, 0.25) is 0 Å². The summed E-state index contributed by atoms with van der Waals surface area (Å²) < 4.78 is 41.3. The number of likely N-dealkylation sites (tertiary alicyclic amines) is 1. The highest BCUT2D eigenvalue weighted by atomic mass is 19.4. The van der Waals surface area contributed by atoms with Crippen LogP contribution in [0.5, 0.6) is 0 Å². The summed E-state index contributed by atoms with van der Waals surface area (Å²) in [5, 5.41) is 12.7. The summed E-state index contributed by atoms with van der Waals surface area (Å²) in [7, 11) is 1.73. The van der Waals surface area contributed by atoms with Crippen molar-refractivity contribution >= 4 is 22.7 Å². The van der Waals surface area contributed by atoms with Gasteiger partial charge < -0.3 is 10.2 Å². The number of hydrogen-bond acceptors (Lipinski definition) is 4. The SMILES string of the molecule is Cn1cc(C(=O)NC23CCCC2N(C(=O)c2ccc4n[nH]c(C(F)(F)F)c4c2)CC3)cn1. The molecule has 1 aromatic carbocycles. The van der Waals surface area contributed by atoms with Gasteiger partial charge in [0.05, 0.1) is 28.9 Å². The van der Waals surface area contributed by atoms with Crippen LogP contribution in [0.15, 0.2) is 30.6 Å². The minimum absolute atomic E-state index is 0.134. The Morgan fingerprint density at radius 1 is 1.25 bits per heavy atom. The second-order valence-electron chi connectivity index (χ2n) is 8.50. The van der Waals surface area contributed by atoms with E-state index in [0.29, 0.717) is 18.5 Å². The number of carbonyl (C=O) groups is 2. The highest BCUT2D eigenvalue weighted by Crippen LogP contribution is 2.43. The first-order valence-electron chi connectivity index (χ1n) is 10.4. The van der Waals surface area contributed by atoms with Crippen molar-refractivity contribution in [1.29, 1.82) is 0 Å². The van der Waals surface area contributed by atoms with Gasteiger partial charge in [0.1, 0.15) is 5.69 Å². The van der Waals surface area contributed by atoms with Crippen molar-refractivity contribution < 1.29 is 22.8 Å². The monoisotopic (exact) mass is 446 g/mol. The van der Waals surface area contributed by atoms with Crippen LogP contribution in [0.4, 0.5) is 13.2 Å². The molecule has 1 saturated heterocycles. The third kappa shape index (κ3) is 3.23. The van der Waals surface area contributed by atoms with Crippen LogP contribution >= 0.6 is 0 Å². The molecule has 8 nitrogen and oxygen atoms in total. The Morgan fingerprint density at radius 3 is 2.78 bits per heavy atom. The van der Waals surface area contributed by atoms with Crippen molar-refractivity contribution in [3.8, 4) is 0 Å². The Kier molecular flexibility index (Phi) is 4.54. The predicted molar refractivity (Wildman–Crippen MR) is 108 cm³/mol. The molecular formula is C21H21F3N6O2. The van der Waals surface area contributed by atoms with Gasteiger partial charge in [-0.05, 0) is 43.9 Å². The lowest BCUT2D eigenvalue weighted by Crippen LogP contribution is -2.54. The van der Waals surface area contributed by atoms with Gasteiger partial charge in [0.15, 0.2) is 0 Å². The number of fused-ring (bicyclic) bond motifs is 2. The molecule has 11 heteroatoms. The van der Waals surface area contributed by atoms with E-state index in [1.165, 1.54) is 24.4 Å². The van der Waals surface area contributed by atoms with Crippen LogP contribution < -0.4 is 5.32 Å². The molecule has 5 rings (SSSR count). The van der Waals surface area contributed by atoms with E-state index in [2.05, 4.69) is 15.5 Å². The number of aromatic amines is 1. The van der Waals surface area contributed by atoms with Gasteiger partial charge in [0.25, 0.3) is 11.8 Å². The molecule has 0 spiro atoms. The third-order valence-corrected chi connectivity index (χ3v) is 6.59. The number of H-pyrrole nitrogens is 1. The smallest absolute Gasteiger partial charge is 0.344 e. The van der Waals surface area contributed by atoms with E-state index in [9.17, 15) is 22.8 Å². The van der Waals surface area contributed by atoms with Gasteiger partial charge in [0, 0.05) is 30.7 Å². The summed E-state index contributed by atoms with van der Waals surface area (Å²) in [4.78, 5) is 27.8. The maximum Gasteiger partial charge on any atom is 0.433 e. The molecular weight excluding hydrogens is 425 g/mol. The molecule has 1 aliphatic carbocycles. The predicted octanol–water partition coefficient (Wildman–Crippen LogP) is 2.88. The van der Waals surface area contributed by atoms with E-state index >= 15 is 0 Å². The van der Waals surface area contributed by atoms with E-state index in [4.69, 9.17) is 0 Å². The average Bonchev–Trinajstić information content (AvgIpc) is 3.48. The summed E-state index contributed by atoms with van der Waals surface area (Å²) >= 11 is 0. The number of carbonyl (C=O) groups excluding carboxylic acids is 2. The number of nitrogens with one attached hydrogen (secondary N) is 2. The molecule has 3 aromatic rings. The molecule has 2 aliphatic rings. The van der Waals surface area contributed by atoms with Crippen molar-refractivity contribution in [3.63, 3.8) is 0 Å². The van der Waals surface area contributed by atoms with Gasteiger partial charge >= 0.3 is 6.18 Å². The zero-order valence-electron chi connectivity index (χ0n) is 17.2. The van der Waals surface area contributed by atoms with Crippen molar-refractivity contribution in [1.82, 2.24) is 30.2 Å². The molecule has 2 aromatic heterocycles. The maximum absolute atomic E-state index is 13.3. The van der Waals surface area contributed by atoms with Crippen LogP contribution in [0, 0.1) is 0 Å². The minimum Gasteiger partial charge on any atom is -0.344 e. The summed E-state index contributed by atoms with van der Waals surface area (Å²) in [6, 6.07) is 3.94. The number of hydrogen-bond donors (Lipinski definition) is 2. The third-order valence-electron chi connectivity index (χ3n) is 6.59. The van der Waals surface area contributed by atoms with E-state index < -0.39 is 17.4 Å². The largest absolute Gasteiger partial charge is 0.433 e. The normalized spacial score (nSPS) is 23.0. The zero-order valence-corrected chi connectivity index (χ0v) is 17.2.